The van der Waals surface area contributed by atoms with Gasteiger partial charge in [-0.1, -0.05) is 30.3 Å². The number of halogens is 4. The number of ether oxygens (including phenoxy) is 1. The van der Waals surface area contributed by atoms with Crippen molar-refractivity contribution in [2.45, 2.75) is 24.6 Å². The second kappa shape index (κ2) is 8.56. The molecule has 0 saturated carbocycles. The Morgan fingerprint density at radius 2 is 1.69 bits per heavy atom. The summed E-state index contributed by atoms with van der Waals surface area (Å²) in [5.74, 6) is -0.538. The predicted molar refractivity (Wildman–Crippen MR) is 94.6 cm³/mol. The number of nitrogens with one attached hydrogen (secondary N) is 1. The van der Waals surface area contributed by atoms with Crippen molar-refractivity contribution in [1.29, 1.82) is 0 Å². The number of carbonyl (C=O) groups is 1. The Bertz CT molecular complexity index is 720. The smallest absolute Gasteiger partial charge is 0.416 e. The summed E-state index contributed by atoms with van der Waals surface area (Å²) in [6.07, 6.45) is -3.95. The summed E-state index contributed by atoms with van der Waals surface area (Å²) in [6, 6.07) is 13.9. The lowest BCUT2D eigenvalue weighted by molar-refractivity contribution is -0.137. The van der Waals surface area contributed by atoms with Crippen molar-refractivity contribution in [2.24, 2.45) is 0 Å². The van der Waals surface area contributed by atoms with Gasteiger partial charge < -0.3 is 10.1 Å². The normalized spacial score (nSPS) is 20.1. The fourth-order valence-electron chi connectivity index (χ4n) is 3.04. The van der Waals surface area contributed by atoms with Gasteiger partial charge in [-0.3, -0.25) is 0 Å². The summed E-state index contributed by atoms with van der Waals surface area (Å²) >= 11 is 0. The number of rotatable bonds is 3. The minimum Gasteiger partial charge on any atom is -0.457 e. The zero-order valence-electron chi connectivity index (χ0n) is 13.8. The highest BCUT2D eigenvalue weighted by atomic mass is 35.5. The molecule has 0 aliphatic carbocycles. The van der Waals surface area contributed by atoms with Crippen molar-refractivity contribution in [3.05, 3.63) is 71.3 Å². The molecule has 0 amide bonds. The van der Waals surface area contributed by atoms with Gasteiger partial charge in [-0.15, -0.1) is 12.4 Å². The summed E-state index contributed by atoms with van der Waals surface area (Å²) in [4.78, 5) is 12.3. The quantitative estimate of drug-likeness (QED) is 0.794. The third kappa shape index (κ3) is 4.77. The molecule has 1 aliphatic rings. The van der Waals surface area contributed by atoms with Crippen molar-refractivity contribution < 1.29 is 22.7 Å². The standard InChI is InChI=1S/C19H18F3NO2.ClH/c20-19(21,22)15-8-6-14(7-9-15)18(24)25-17-12-23-11-10-16(17)13-4-2-1-3-5-13;/h1-9,16-17,23H,10-12H2;1H/t16-,17+;/m1./s1. The Morgan fingerprint density at radius 1 is 1.04 bits per heavy atom. The lowest BCUT2D eigenvalue weighted by Crippen LogP contribution is -2.42. The molecule has 26 heavy (non-hydrogen) atoms. The van der Waals surface area contributed by atoms with Crippen molar-refractivity contribution in [3.8, 4) is 0 Å². The van der Waals surface area contributed by atoms with E-state index >= 15 is 0 Å². The molecule has 2 aromatic rings. The van der Waals surface area contributed by atoms with Crippen LogP contribution in [0.2, 0.25) is 0 Å². The summed E-state index contributed by atoms with van der Waals surface area (Å²) < 4.78 is 43.4. The lowest BCUT2D eigenvalue weighted by atomic mass is 9.88. The number of carbonyl (C=O) groups excluding carboxylic acids is 1. The van der Waals surface area contributed by atoms with Crippen LogP contribution in [0.4, 0.5) is 13.2 Å². The van der Waals surface area contributed by atoms with Crippen LogP contribution in [0.1, 0.15) is 33.8 Å². The number of hydrogen-bond acceptors (Lipinski definition) is 3. The van der Waals surface area contributed by atoms with Crippen LogP contribution in [0.15, 0.2) is 54.6 Å². The minimum atomic E-state index is -4.42. The summed E-state index contributed by atoms with van der Waals surface area (Å²) in [7, 11) is 0. The molecular formula is C19H19ClF3NO2. The van der Waals surface area contributed by atoms with Gasteiger partial charge in [-0.25, -0.2) is 4.79 Å². The third-order valence-electron chi connectivity index (χ3n) is 4.36. The zero-order valence-corrected chi connectivity index (χ0v) is 14.6. The molecule has 140 valence electrons. The molecule has 1 saturated heterocycles. The summed E-state index contributed by atoms with van der Waals surface area (Å²) in [5, 5.41) is 3.19. The first kappa shape index (κ1) is 20.3. The molecule has 3 rings (SSSR count). The van der Waals surface area contributed by atoms with E-state index < -0.39 is 17.7 Å². The van der Waals surface area contributed by atoms with E-state index in [2.05, 4.69) is 5.32 Å². The molecule has 1 aliphatic heterocycles. The van der Waals surface area contributed by atoms with Crippen LogP contribution in [0.5, 0.6) is 0 Å². The van der Waals surface area contributed by atoms with Crippen molar-refractivity contribution >= 4 is 18.4 Å². The molecule has 0 radical (unpaired) electrons. The van der Waals surface area contributed by atoms with Crippen LogP contribution >= 0.6 is 12.4 Å². The highest BCUT2D eigenvalue weighted by Gasteiger charge is 2.32. The Morgan fingerprint density at radius 3 is 2.31 bits per heavy atom. The maximum absolute atomic E-state index is 12.6. The molecule has 2 aromatic carbocycles. The Balaban J connectivity index is 0.00000243. The van der Waals surface area contributed by atoms with Crippen LogP contribution in [0, 0.1) is 0 Å². The van der Waals surface area contributed by atoms with Crippen molar-refractivity contribution in [2.75, 3.05) is 13.1 Å². The first-order valence-electron chi connectivity index (χ1n) is 8.09. The monoisotopic (exact) mass is 385 g/mol. The van der Waals surface area contributed by atoms with Gasteiger partial charge >= 0.3 is 12.1 Å². The van der Waals surface area contributed by atoms with E-state index in [4.69, 9.17) is 4.74 Å². The van der Waals surface area contributed by atoms with Gasteiger partial charge in [0.15, 0.2) is 0 Å². The second-order valence-electron chi connectivity index (χ2n) is 6.03. The average molecular weight is 386 g/mol. The maximum Gasteiger partial charge on any atom is 0.416 e. The van der Waals surface area contributed by atoms with Gasteiger partial charge in [0.2, 0.25) is 0 Å². The highest BCUT2D eigenvalue weighted by molar-refractivity contribution is 5.89. The molecule has 0 aromatic heterocycles. The van der Waals surface area contributed by atoms with E-state index in [1.165, 1.54) is 0 Å². The Labute approximate surface area is 156 Å². The van der Waals surface area contributed by atoms with Crippen LogP contribution in [-0.2, 0) is 10.9 Å². The number of piperidine rings is 1. The average Bonchev–Trinajstić information content (AvgIpc) is 2.62. The molecule has 0 unspecified atom stereocenters. The van der Waals surface area contributed by atoms with Crippen LogP contribution < -0.4 is 5.32 Å². The van der Waals surface area contributed by atoms with E-state index in [0.29, 0.717) is 6.54 Å². The summed E-state index contributed by atoms with van der Waals surface area (Å²) in [6.45, 7) is 1.35. The lowest BCUT2D eigenvalue weighted by Gasteiger charge is -2.32. The number of benzene rings is 2. The van der Waals surface area contributed by atoms with E-state index in [0.717, 1.165) is 42.8 Å². The molecular weight excluding hydrogens is 367 g/mol. The number of hydrogen-bond donors (Lipinski definition) is 1. The fourth-order valence-corrected chi connectivity index (χ4v) is 3.04. The van der Waals surface area contributed by atoms with Crippen LogP contribution in [0.3, 0.4) is 0 Å². The SMILES string of the molecule is Cl.O=C(O[C@H]1CNCC[C@@H]1c1ccccc1)c1ccc(C(F)(F)F)cc1. The molecule has 1 N–H and O–H groups in total. The van der Waals surface area contributed by atoms with Crippen molar-refractivity contribution in [1.82, 2.24) is 5.32 Å². The van der Waals surface area contributed by atoms with Crippen LogP contribution in [0.25, 0.3) is 0 Å². The van der Waals surface area contributed by atoms with Crippen LogP contribution in [-0.4, -0.2) is 25.2 Å². The van der Waals surface area contributed by atoms with E-state index in [-0.39, 0.29) is 30.0 Å². The molecule has 0 spiro atoms. The minimum absolute atomic E-state index is 0. The van der Waals surface area contributed by atoms with E-state index in [9.17, 15) is 18.0 Å². The Hall–Kier alpha value is -2.05. The largest absolute Gasteiger partial charge is 0.457 e. The van der Waals surface area contributed by atoms with E-state index in [1.54, 1.807) is 0 Å². The van der Waals surface area contributed by atoms with Crippen molar-refractivity contribution in [3.63, 3.8) is 0 Å². The van der Waals surface area contributed by atoms with E-state index in [1.807, 2.05) is 30.3 Å². The zero-order chi connectivity index (χ0) is 17.9. The third-order valence-corrected chi connectivity index (χ3v) is 4.36. The first-order valence-corrected chi connectivity index (χ1v) is 8.09. The summed E-state index contributed by atoms with van der Waals surface area (Å²) in [5.41, 5.74) is 0.421. The van der Waals surface area contributed by atoms with Gasteiger partial charge in [-0.2, -0.15) is 13.2 Å². The van der Waals surface area contributed by atoms with Gasteiger partial charge in [0.1, 0.15) is 6.10 Å². The molecule has 1 fully saturated rings. The van der Waals surface area contributed by atoms with Gasteiger partial charge in [-0.05, 0) is 42.8 Å². The molecule has 7 heteroatoms. The number of alkyl halides is 3. The molecule has 3 nitrogen and oxygen atoms in total. The maximum atomic E-state index is 12.6. The first-order chi connectivity index (χ1) is 11.9. The molecule has 2 atom stereocenters. The Kier molecular flexibility index (Phi) is 6.67. The number of esters is 1. The highest BCUT2D eigenvalue weighted by Crippen LogP contribution is 2.30. The van der Waals surface area contributed by atoms with Gasteiger partial charge in [0.05, 0.1) is 11.1 Å². The molecule has 0 bridgehead atoms. The van der Waals surface area contributed by atoms with Gasteiger partial charge in [0, 0.05) is 12.5 Å². The second-order valence-corrected chi connectivity index (χ2v) is 6.03. The predicted octanol–water partition coefficient (Wildman–Crippen LogP) is 4.43. The fraction of sp³-hybridized carbons (Fsp3) is 0.316. The topological polar surface area (TPSA) is 38.3 Å². The molecule has 1 heterocycles. The van der Waals surface area contributed by atoms with Gasteiger partial charge in [0.25, 0.3) is 0 Å².